The van der Waals surface area contributed by atoms with Crippen molar-refractivity contribution < 1.29 is 9.53 Å². The summed E-state index contributed by atoms with van der Waals surface area (Å²) in [5.74, 6) is 0.0804. The number of amides is 1. The number of methoxy groups -OCH3 is 1. The van der Waals surface area contributed by atoms with E-state index in [1.807, 2.05) is 34.7 Å². The van der Waals surface area contributed by atoms with E-state index in [-0.39, 0.29) is 18.1 Å². The van der Waals surface area contributed by atoms with E-state index in [0.717, 1.165) is 25.1 Å². The molecule has 2 rings (SSSR count). The third kappa shape index (κ3) is 2.82. The van der Waals surface area contributed by atoms with Gasteiger partial charge in [0.15, 0.2) is 0 Å². The van der Waals surface area contributed by atoms with Crippen LogP contribution in [0.3, 0.4) is 0 Å². The average molecular weight is 265 g/mol. The van der Waals surface area contributed by atoms with Gasteiger partial charge in [0.05, 0.1) is 6.10 Å². The van der Waals surface area contributed by atoms with Crippen molar-refractivity contribution in [2.24, 2.45) is 5.73 Å². The summed E-state index contributed by atoms with van der Waals surface area (Å²) in [6.45, 7) is 4.04. The van der Waals surface area contributed by atoms with E-state index < -0.39 is 0 Å². The lowest BCUT2D eigenvalue weighted by Gasteiger charge is -2.38. The lowest BCUT2D eigenvalue weighted by molar-refractivity contribution is 0.0134. The predicted molar refractivity (Wildman–Crippen MR) is 74.0 cm³/mol. The predicted octanol–water partition coefficient (Wildman–Crippen LogP) is 1.09. The minimum atomic E-state index is 0.0754. The molecule has 1 aromatic rings. The fourth-order valence-corrected chi connectivity index (χ4v) is 2.75. The Morgan fingerprint density at radius 2 is 2.37 bits per heavy atom. The summed E-state index contributed by atoms with van der Waals surface area (Å²) in [5, 5.41) is 0. The van der Waals surface area contributed by atoms with Gasteiger partial charge < -0.3 is 19.9 Å². The van der Waals surface area contributed by atoms with Gasteiger partial charge in [-0.25, -0.2) is 0 Å². The maximum atomic E-state index is 12.6. The molecule has 2 atom stereocenters. The molecule has 0 bridgehead atoms. The number of carbonyl (C=O) groups is 1. The minimum absolute atomic E-state index is 0.0754. The molecular weight excluding hydrogens is 242 g/mol. The van der Waals surface area contributed by atoms with Crippen LogP contribution in [0.1, 0.15) is 30.3 Å². The summed E-state index contributed by atoms with van der Waals surface area (Å²) in [6.07, 6.45) is 3.86. The maximum Gasteiger partial charge on any atom is 0.270 e. The molecule has 106 valence electrons. The van der Waals surface area contributed by atoms with Crippen LogP contribution in [0.25, 0.3) is 0 Å². The summed E-state index contributed by atoms with van der Waals surface area (Å²) in [5.41, 5.74) is 6.56. The molecule has 5 heteroatoms. The number of ether oxygens (including phenoxy) is 1. The van der Waals surface area contributed by atoms with Gasteiger partial charge >= 0.3 is 0 Å². The summed E-state index contributed by atoms with van der Waals surface area (Å²) in [4.78, 5) is 14.5. The van der Waals surface area contributed by atoms with Gasteiger partial charge in [0.25, 0.3) is 5.91 Å². The van der Waals surface area contributed by atoms with Crippen molar-refractivity contribution in [1.82, 2.24) is 9.47 Å². The van der Waals surface area contributed by atoms with Gasteiger partial charge in [-0.1, -0.05) is 0 Å². The highest BCUT2D eigenvalue weighted by Crippen LogP contribution is 2.21. The Hall–Kier alpha value is -1.33. The zero-order chi connectivity index (χ0) is 13.8. The second kappa shape index (κ2) is 6.21. The van der Waals surface area contributed by atoms with Crippen LogP contribution in [0.5, 0.6) is 0 Å². The molecule has 2 unspecified atom stereocenters. The molecule has 0 aliphatic carbocycles. The van der Waals surface area contributed by atoms with E-state index in [4.69, 9.17) is 10.5 Å². The van der Waals surface area contributed by atoms with Crippen LogP contribution in [0.15, 0.2) is 18.3 Å². The number of hydrogen-bond donors (Lipinski definition) is 1. The zero-order valence-corrected chi connectivity index (χ0v) is 11.7. The topological polar surface area (TPSA) is 60.5 Å². The lowest BCUT2D eigenvalue weighted by Crippen LogP contribution is -2.51. The third-order valence-corrected chi connectivity index (χ3v) is 3.92. The highest BCUT2D eigenvalue weighted by molar-refractivity contribution is 5.93. The second-order valence-electron chi connectivity index (χ2n) is 4.95. The fourth-order valence-electron chi connectivity index (χ4n) is 2.75. The highest BCUT2D eigenvalue weighted by atomic mass is 16.5. The first-order valence-electron chi connectivity index (χ1n) is 6.90. The summed E-state index contributed by atoms with van der Waals surface area (Å²) < 4.78 is 7.36. The smallest absolute Gasteiger partial charge is 0.270 e. The van der Waals surface area contributed by atoms with Gasteiger partial charge in [0.2, 0.25) is 0 Å². The standard InChI is InChI=1S/C14H23N3O2/c1-3-16-7-4-5-13(16)14(18)17-8-6-12(19-2)9-11(17)10-15/h4-5,7,11-12H,3,6,8-10,15H2,1-2H3. The molecule has 0 saturated carbocycles. The molecule has 19 heavy (non-hydrogen) atoms. The lowest BCUT2D eigenvalue weighted by atomic mass is 9.99. The Morgan fingerprint density at radius 3 is 3.00 bits per heavy atom. The van der Waals surface area contributed by atoms with Gasteiger partial charge in [0, 0.05) is 39.0 Å². The van der Waals surface area contributed by atoms with Crippen LogP contribution in [0, 0.1) is 0 Å². The highest BCUT2D eigenvalue weighted by Gasteiger charge is 2.32. The van der Waals surface area contributed by atoms with Gasteiger partial charge in [-0.15, -0.1) is 0 Å². The van der Waals surface area contributed by atoms with Crippen molar-refractivity contribution in [3.05, 3.63) is 24.0 Å². The number of nitrogens with two attached hydrogens (primary N) is 1. The number of piperidine rings is 1. The quantitative estimate of drug-likeness (QED) is 0.886. The Balaban J connectivity index is 2.14. The molecule has 1 aliphatic heterocycles. The van der Waals surface area contributed by atoms with Crippen LogP contribution < -0.4 is 5.73 Å². The SMILES string of the molecule is CCn1cccc1C(=O)N1CCC(OC)CC1CN. The van der Waals surface area contributed by atoms with E-state index in [1.165, 1.54) is 0 Å². The molecule has 1 aliphatic rings. The van der Waals surface area contributed by atoms with Crippen LogP contribution in [-0.2, 0) is 11.3 Å². The Bertz CT molecular complexity index is 430. The van der Waals surface area contributed by atoms with Crippen molar-refractivity contribution in [3.8, 4) is 0 Å². The average Bonchev–Trinajstić information content (AvgIpc) is 2.94. The first kappa shape index (κ1) is 14.1. The van der Waals surface area contributed by atoms with E-state index in [2.05, 4.69) is 0 Å². The third-order valence-electron chi connectivity index (χ3n) is 3.92. The molecule has 0 radical (unpaired) electrons. The minimum Gasteiger partial charge on any atom is -0.381 e. The second-order valence-corrected chi connectivity index (χ2v) is 4.95. The summed E-state index contributed by atoms with van der Waals surface area (Å²) >= 11 is 0. The number of aryl methyl sites for hydroxylation is 1. The Labute approximate surface area is 114 Å². The largest absolute Gasteiger partial charge is 0.381 e. The maximum absolute atomic E-state index is 12.6. The van der Waals surface area contributed by atoms with Gasteiger partial charge in [-0.2, -0.15) is 0 Å². The number of hydrogen-bond acceptors (Lipinski definition) is 3. The van der Waals surface area contributed by atoms with Crippen LogP contribution in [0.4, 0.5) is 0 Å². The fraction of sp³-hybridized carbons (Fsp3) is 0.643. The van der Waals surface area contributed by atoms with Crippen molar-refractivity contribution in [2.75, 3.05) is 20.2 Å². The van der Waals surface area contributed by atoms with E-state index >= 15 is 0 Å². The number of nitrogens with zero attached hydrogens (tertiary/aromatic N) is 2. The molecule has 2 N–H and O–H groups in total. The number of carbonyl (C=O) groups excluding carboxylic acids is 1. The van der Waals surface area contributed by atoms with Crippen LogP contribution >= 0.6 is 0 Å². The van der Waals surface area contributed by atoms with Crippen molar-refractivity contribution in [3.63, 3.8) is 0 Å². The normalized spacial score (nSPS) is 23.6. The number of rotatable bonds is 4. The molecule has 0 spiro atoms. The molecular formula is C14H23N3O2. The molecule has 1 saturated heterocycles. The monoisotopic (exact) mass is 265 g/mol. The van der Waals surface area contributed by atoms with E-state index in [0.29, 0.717) is 13.1 Å². The van der Waals surface area contributed by atoms with E-state index in [9.17, 15) is 4.79 Å². The van der Waals surface area contributed by atoms with E-state index in [1.54, 1.807) is 7.11 Å². The summed E-state index contributed by atoms with van der Waals surface area (Å²) in [6, 6.07) is 3.86. The molecule has 1 amide bonds. The van der Waals surface area contributed by atoms with Crippen molar-refractivity contribution >= 4 is 5.91 Å². The Morgan fingerprint density at radius 1 is 1.58 bits per heavy atom. The van der Waals surface area contributed by atoms with Gasteiger partial charge in [-0.05, 0) is 31.9 Å². The van der Waals surface area contributed by atoms with Crippen molar-refractivity contribution in [2.45, 2.75) is 38.5 Å². The Kier molecular flexibility index (Phi) is 4.61. The first-order chi connectivity index (χ1) is 9.21. The van der Waals surface area contributed by atoms with Crippen molar-refractivity contribution in [1.29, 1.82) is 0 Å². The number of aromatic nitrogens is 1. The summed E-state index contributed by atoms with van der Waals surface area (Å²) in [7, 11) is 1.72. The molecule has 0 aromatic carbocycles. The molecule has 1 fully saturated rings. The van der Waals surface area contributed by atoms with Crippen LogP contribution in [0.2, 0.25) is 0 Å². The number of likely N-dealkylation sites (tertiary alicyclic amines) is 1. The van der Waals surface area contributed by atoms with Gasteiger partial charge in [0.1, 0.15) is 5.69 Å². The van der Waals surface area contributed by atoms with Crippen LogP contribution in [-0.4, -0.2) is 47.7 Å². The molecule has 1 aromatic heterocycles. The molecule has 5 nitrogen and oxygen atoms in total. The first-order valence-corrected chi connectivity index (χ1v) is 6.90. The zero-order valence-electron chi connectivity index (χ0n) is 11.7. The molecule has 2 heterocycles. The van der Waals surface area contributed by atoms with Gasteiger partial charge in [-0.3, -0.25) is 4.79 Å².